The molecule has 1 aromatic heterocycles. The highest BCUT2D eigenvalue weighted by molar-refractivity contribution is 9.10. The van der Waals surface area contributed by atoms with E-state index in [0.717, 1.165) is 14.8 Å². The van der Waals surface area contributed by atoms with Crippen LogP contribution in [0.2, 0.25) is 0 Å². The Bertz CT molecular complexity index is 989. The van der Waals surface area contributed by atoms with Gasteiger partial charge in [-0.25, -0.2) is 0 Å². The molecule has 0 fully saturated rings. The summed E-state index contributed by atoms with van der Waals surface area (Å²) in [5.74, 6) is 0.158. The number of carbonyl (C=O) groups is 1. The summed E-state index contributed by atoms with van der Waals surface area (Å²) in [6, 6.07) is 11.4. The molecule has 0 spiro atoms. The molecular formula is C16H13BrN6O4. The van der Waals surface area contributed by atoms with Crippen LogP contribution in [0.1, 0.15) is 0 Å². The molecule has 138 valence electrons. The van der Waals surface area contributed by atoms with E-state index in [2.05, 4.69) is 36.7 Å². The average Bonchev–Trinajstić information content (AvgIpc) is 3.10. The van der Waals surface area contributed by atoms with Gasteiger partial charge in [-0.05, 0) is 41.6 Å². The van der Waals surface area contributed by atoms with Gasteiger partial charge in [0.2, 0.25) is 11.7 Å². The number of nitrogens with one attached hydrogen (secondary N) is 1. The van der Waals surface area contributed by atoms with E-state index >= 15 is 0 Å². The second-order valence-corrected chi connectivity index (χ2v) is 6.25. The van der Waals surface area contributed by atoms with Gasteiger partial charge in [0.05, 0.1) is 18.1 Å². The number of carbonyl (C=O) groups excluding carboxylic acids is 1. The lowest BCUT2D eigenvalue weighted by molar-refractivity contribution is -0.384. The Kier molecular flexibility index (Phi) is 5.41. The standard InChI is InChI=1S/C16H13BrN6O4/c1-27-12-6-7-13(14(8-12)23(25)26)18-15(24)9-22-20-16(19-21-22)10-2-4-11(17)5-3-10/h2-8H,9H2,1H3,(H,18,24). The van der Waals surface area contributed by atoms with Crippen molar-refractivity contribution in [2.75, 3.05) is 12.4 Å². The predicted octanol–water partition coefficient (Wildman–Crippen LogP) is 2.66. The molecule has 0 saturated carbocycles. The highest BCUT2D eigenvalue weighted by atomic mass is 79.9. The van der Waals surface area contributed by atoms with Crippen molar-refractivity contribution in [3.05, 3.63) is 57.1 Å². The molecular weight excluding hydrogens is 420 g/mol. The third kappa shape index (κ3) is 4.44. The summed E-state index contributed by atoms with van der Waals surface area (Å²) in [7, 11) is 1.40. The van der Waals surface area contributed by atoms with Crippen LogP contribution in [0.4, 0.5) is 11.4 Å². The van der Waals surface area contributed by atoms with Crippen molar-refractivity contribution in [3.63, 3.8) is 0 Å². The highest BCUT2D eigenvalue weighted by Gasteiger charge is 2.18. The molecule has 10 nitrogen and oxygen atoms in total. The van der Waals surface area contributed by atoms with Gasteiger partial charge in [0.1, 0.15) is 18.0 Å². The number of nitro benzene ring substituents is 1. The van der Waals surface area contributed by atoms with E-state index in [9.17, 15) is 14.9 Å². The summed E-state index contributed by atoms with van der Waals surface area (Å²) in [5.41, 5.74) is 0.527. The minimum absolute atomic E-state index is 0.0547. The maximum atomic E-state index is 12.2. The number of hydrogen-bond donors (Lipinski definition) is 1. The number of anilines is 1. The van der Waals surface area contributed by atoms with Gasteiger partial charge in [-0.1, -0.05) is 15.9 Å². The number of benzene rings is 2. The van der Waals surface area contributed by atoms with E-state index in [4.69, 9.17) is 4.74 Å². The second kappa shape index (κ2) is 7.91. The van der Waals surface area contributed by atoms with Crippen LogP contribution >= 0.6 is 15.9 Å². The first kappa shape index (κ1) is 18.5. The lowest BCUT2D eigenvalue weighted by Gasteiger charge is -2.07. The molecule has 1 heterocycles. The van der Waals surface area contributed by atoms with E-state index < -0.39 is 10.8 Å². The van der Waals surface area contributed by atoms with Crippen LogP contribution in [0, 0.1) is 10.1 Å². The smallest absolute Gasteiger partial charge is 0.296 e. The average molecular weight is 433 g/mol. The normalized spacial score (nSPS) is 10.4. The lowest BCUT2D eigenvalue weighted by atomic mass is 10.2. The molecule has 1 amide bonds. The fraction of sp³-hybridized carbons (Fsp3) is 0.125. The van der Waals surface area contributed by atoms with Gasteiger partial charge in [-0.2, -0.15) is 4.80 Å². The van der Waals surface area contributed by atoms with Gasteiger partial charge in [0.25, 0.3) is 5.69 Å². The molecule has 0 atom stereocenters. The van der Waals surface area contributed by atoms with E-state index in [-0.39, 0.29) is 17.9 Å². The Labute approximate surface area is 161 Å². The molecule has 0 saturated heterocycles. The second-order valence-electron chi connectivity index (χ2n) is 5.34. The molecule has 3 aromatic rings. The molecule has 0 bridgehead atoms. The van der Waals surface area contributed by atoms with Gasteiger partial charge < -0.3 is 10.1 Å². The van der Waals surface area contributed by atoms with Crippen LogP contribution in [0.5, 0.6) is 5.75 Å². The number of amides is 1. The van der Waals surface area contributed by atoms with E-state index in [1.165, 1.54) is 25.3 Å². The number of rotatable bonds is 6. The number of ether oxygens (including phenoxy) is 1. The van der Waals surface area contributed by atoms with Crippen molar-refractivity contribution in [1.82, 2.24) is 20.2 Å². The Morgan fingerprint density at radius 1 is 1.30 bits per heavy atom. The van der Waals surface area contributed by atoms with E-state index in [1.54, 1.807) is 0 Å². The van der Waals surface area contributed by atoms with Gasteiger partial charge in [-0.3, -0.25) is 14.9 Å². The lowest BCUT2D eigenvalue weighted by Crippen LogP contribution is -2.21. The predicted molar refractivity (Wildman–Crippen MR) is 99.2 cm³/mol. The highest BCUT2D eigenvalue weighted by Crippen LogP contribution is 2.28. The largest absolute Gasteiger partial charge is 0.496 e. The van der Waals surface area contributed by atoms with Gasteiger partial charge in [-0.15, -0.1) is 10.2 Å². The summed E-state index contributed by atoms with van der Waals surface area (Å²) in [6.45, 7) is -0.243. The monoisotopic (exact) mass is 432 g/mol. The SMILES string of the molecule is COc1ccc(NC(=O)Cn2nnc(-c3ccc(Br)cc3)n2)c([N+](=O)[O-])c1. The summed E-state index contributed by atoms with van der Waals surface area (Å²) in [4.78, 5) is 23.9. The summed E-state index contributed by atoms with van der Waals surface area (Å²) < 4.78 is 5.88. The topological polar surface area (TPSA) is 125 Å². The number of methoxy groups -OCH3 is 1. The minimum atomic E-state index is -0.600. The number of hydrogen-bond acceptors (Lipinski definition) is 7. The summed E-state index contributed by atoms with van der Waals surface area (Å²) >= 11 is 3.34. The third-order valence-corrected chi connectivity index (χ3v) is 4.04. The zero-order chi connectivity index (χ0) is 19.4. The van der Waals surface area contributed by atoms with Crippen molar-refractivity contribution >= 4 is 33.2 Å². The fourth-order valence-electron chi connectivity index (χ4n) is 2.24. The Morgan fingerprint density at radius 3 is 2.70 bits per heavy atom. The Balaban J connectivity index is 1.72. The number of aromatic nitrogens is 4. The molecule has 0 aliphatic heterocycles. The summed E-state index contributed by atoms with van der Waals surface area (Å²) in [6.07, 6.45) is 0. The number of halogens is 1. The maximum Gasteiger partial charge on any atom is 0.296 e. The molecule has 0 aliphatic rings. The first-order valence-corrected chi connectivity index (χ1v) is 8.41. The fourth-order valence-corrected chi connectivity index (χ4v) is 2.50. The molecule has 0 unspecified atom stereocenters. The first-order chi connectivity index (χ1) is 13.0. The number of tetrazole rings is 1. The van der Waals surface area contributed by atoms with Crippen LogP contribution in [0.25, 0.3) is 11.4 Å². The number of nitro groups is 1. The van der Waals surface area contributed by atoms with Crippen molar-refractivity contribution < 1.29 is 14.5 Å². The van der Waals surface area contributed by atoms with Crippen LogP contribution in [-0.2, 0) is 11.3 Å². The van der Waals surface area contributed by atoms with Crippen LogP contribution < -0.4 is 10.1 Å². The maximum absolute atomic E-state index is 12.2. The van der Waals surface area contributed by atoms with Crippen LogP contribution in [-0.4, -0.2) is 38.1 Å². The zero-order valence-corrected chi connectivity index (χ0v) is 15.6. The summed E-state index contributed by atoms with van der Waals surface area (Å²) in [5, 5.41) is 25.5. The quantitative estimate of drug-likeness (QED) is 0.468. The molecule has 3 rings (SSSR count). The van der Waals surface area contributed by atoms with Crippen molar-refractivity contribution in [2.24, 2.45) is 0 Å². The molecule has 2 aromatic carbocycles. The third-order valence-electron chi connectivity index (χ3n) is 3.52. The molecule has 0 aliphatic carbocycles. The van der Waals surface area contributed by atoms with Crippen LogP contribution in [0.3, 0.4) is 0 Å². The van der Waals surface area contributed by atoms with Gasteiger partial charge in [0.15, 0.2) is 0 Å². The van der Waals surface area contributed by atoms with Crippen LogP contribution in [0.15, 0.2) is 46.9 Å². The molecule has 1 N–H and O–H groups in total. The van der Waals surface area contributed by atoms with E-state index in [1.807, 2.05) is 24.3 Å². The molecule has 27 heavy (non-hydrogen) atoms. The first-order valence-electron chi connectivity index (χ1n) is 7.62. The minimum Gasteiger partial charge on any atom is -0.496 e. The molecule has 11 heteroatoms. The van der Waals surface area contributed by atoms with Crippen molar-refractivity contribution in [1.29, 1.82) is 0 Å². The van der Waals surface area contributed by atoms with Crippen molar-refractivity contribution in [3.8, 4) is 17.1 Å². The Morgan fingerprint density at radius 2 is 2.04 bits per heavy atom. The van der Waals surface area contributed by atoms with E-state index in [0.29, 0.717) is 11.6 Å². The zero-order valence-electron chi connectivity index (χ0n) is 14.0. The molecule has 0 radical (unpaired) electrons. The van der Waals surface area contributed by atoms with Gasteiger partial charge in [0, 0.05) is 10.0 Å². The van der Waals surface area contributed by atoms with Crippen molar-refractivity contribution in [2.45, 2.75) is 6.54 Å². The Hall–Kier alpha value is -3.34. The number of nitrogens with zero attached hydrogens (tertiary/aromatic N) is 5. The van der Waals surface area contributed by atoms with Gasteiger partial charge >= 0.3 is 0 Å².